The van der Waals surface area contributed by atoms with Crippen LogP contribution in [-0.4, -0.2) is 19.8 Å². The van der Waals surface area contributed by atoms with Crippen LogP contribution < -0.4 is 4.72 Å². The van der Waals surface area contributed by atoms with Crippen molar-refractivity contribution in [3.8, 4) is 0 Å². The third-order valence-electron chi connectivity index (χ3n) is 2.75. The minimum atomic E-state index is -3.70. The van der Waals surface area contributed by atoms with Gasteiger partial charge in [0.2, 0.25) is 0 Å². The molecule has 0 aliphatic carbocycles. The van der Waals surface area contributed by atoms with E-state index in [2.05, 4.69) is 4.72 Å². The van der Waals surface area contributed by atoms with E-state index in [0.717, 1.165) is 4.90 Å². The Kier molecular flexibility index (Phi) is 4.69. The molecule has 0 saturated heterocycles. The summed E-state index contributed by atoms with van der Waals surface area (Å²) in [6, 6.07) is 13.6. The van der Waals surface area contributed by atoms with E-state index in [0.29, 0.717) is 11.3 Å². The molecule has 20 heavy (non-hydrogen) atoms. The summed E-state index contributed by atoms with van der Waals surface area (Å²) in [4.78, 5) is 1.07. The molecule has 2 aromatic rings. The molecule has 0 amide bonds. The Labute approximate surface area is 122 Å². The van der Waals surface area contributed by atoms with Crippen LogP contribution in [0.4, 0.5) is 5.69 Å². The van der Waals surface area contributed by atoms with E-state index in [1.165, 1.54) is 17.8 Å². The van der Waals surface area contributed by atoms with Crippen molar-refractivity contribution < 1.29 is 13.5 Å². The molecule has 0 saturated carbocycles. The minimum absolute atomic E-state index is 0.0945. The number of nitrogens with one attached hydrogen (secondary N) is 1. The second-order valence-corrected chi connectivity index (χ2v) is 6.63. The molecule has 0 radical (unpaired) electrons. The molecule has 106 valence electrons. The third-order valence-corrected chi connectivity index (χ3v) is 4.96. The fourth-order valence-corrected chi connectivity index (χ4v) is 3.54. The van der Waals surface area contributed by atoms with Gasteiger partial charge in [-0.15, -0.1) is 11.8 Å². The van der Waals surface area contributed by atoms with Gasteiger partial charge in [0.1, 0.15) is 0 Å². The molecule has 0 bridgehead atoms. The molecular formula is C14H15NO3S2. The van der Waals surface area contributed by atoms with Gasteiger partial charge in [-0.3, -0.25) is 4.72 Å². The molecule has 4 nitrogen and oxygen atoms in total. The van der Waals surface area contributed by atoms with Crippen molar-refractivity contribution in [2.45, 2.75) is 16.4 Å². The summed E-state index contributed by atoms with van der Waals surface area (Å²) in [5, 5.41) is 9.23. The first-order chi connectivity index (χ1) is 9.56. The molecule has 0 spiro atoms. The van der Waals surface area contributed by atoms with Crippen molar-refractivity contribution in [2.24, 2.45) is 0 Å². The Morgan fingerprint density at radius 2 is 1.90 bits per heavy atom. The maximum atomic E-state index is 12.4. The standard InChI is InChI=1S/C14H15NO3S2/c1-19-13-7-4-6-12(9-13)15-20(17,18)14-8-3-2-5-11(14)10-16/h2-9,15-16H,10H2,1H3. The van der Waals surface area contributed by atoms with Gasteiger partial charge < -0.3 is 5.11 Å². The lowest BCUT2D eigenvalue weighted by atomic mass is 10.2. The van der Waals surface area contributed by atoms with E-state index >= 15 is 0 Å². The predicted octanol–water partition coefficient (Wildman–Crippen LogP) is 2.70. The van der Waals surface area contributed by atoms with Gasteiger partial charge in [-0.25, -0.2) is 8.42 Å². The highest BCUT2D eigenvalue weighted by molar-refractivity contribution is 7.98. The molecule has 0 fully saturated rings. The monoisotopic (exact) mass is 309 g/mol. The van der Waals surface area contributed by atoms with Crippen molar-refractivity contribution in [2.75, 3.05) is 11.0 Å². The molecule has 0 aliphatic rings. The van der Waals surface area contributed by atoms with Crippen LogP contribution in [0.15, 0.2) is 58.3 Å². The molecule has 0 aliphatic heterocycles. The highest BCUT2D eigenvalue weighted by Gasteiger charge is 2.17. The van der Waals surface area contributed by atoms with Gasteiger partial charge in [-0.2, -0.15) is 0 Å². The van der Waals surface area contributed by atoms with Crippen LogP contribution in [0.2, 0.25) is 0 Å². The van der Waals surface area contributed by atoms with Crippen LogP contribution in [0.25, 0.3) is 0 Å². The Hall–Kier alpha value is -1.50. The number of hydrogen-bond acceptors (Lipinski definition) is 4. The zero-order valence-electron chi connectivity index (χ0n) is 10.9. The summed E-state index contributed by atoms with van der Waals surface area (Å²) in [6.07, 6.45) is 1.93. The van der Waals surface area contributed by atoms with Crippen molar-refractivity contribution in [3.63, 3.8) is 0 Å². The topological polar surface area (TPSA) is 66.4 Å². The molecule has 0 aromatic heterocycles. The maximum absolute atomic E-state index is 12.4. The zero-order valence-corrected chi connectivity index (χ0v) is 12.5. The molecule has 2 N–H and O–H groups in total. The van der Waals surface area contributed by atoms with Gasteiger partial charge in [0, 0.05) is 10.6 Å². The SMILES string of the molecule is CSc1cccc(NS(=O)(=O)c2ccccc2CO)c1. The van der Waals surface area contributed by atoms with E-state index in [1.54, 1.807) is 36.4 Å². The number of rotatable bonds is 5. The highest BCUT2D eigenvalue weighted by Crippen LogP contribution is 2.23. The smallest absolute Gasteiger partial charge is 0.262 e. The van der Waals surface area contributed by atoms with Crippen molar-refractivity contribution >= 4 is 27.5 Å². The summed E-state index contributed by atoms with van der Waals surface area (Å²) in [5.74, 6) is 0. The lowest BCUT2D eigenvalue weighted by Gasteiger charge is -2.11. The molecule has 2 rings (SSSR count). The van der Waals surface area contributed by atoms with Crippen molar-refractivity contribution in [1.29, 1.82) is 0 Å². The van der Waals surface area contributed by atoms with Crippen LogP contribution in [0.5, 0.6) is 0 Å². The van der Waals surface area contributed by atoms with Gasteiger partial charge in [0.15, 0.2) is 0 Å². The van der Waals surface area contributed by atoms with Gasteiger partial charge in [0.25, 0.3) is 10.0 Å². The summed E-state index contributed by atoms with van der Waals surface area (Å²) in [7, 11) is -3.70. The summed E-state index contributed by atoms with van der Waals surface area (Å²) in [5.41, 5.74) is 0.880. The van der Waals surface area contributed by atoms with Crippen LogP contribution in [0, 0.1) is 0 Å². The number of benzene rings is 2. The molecule has 2 aromatic carbocycles. The largest absolute Gasteiger partial charge is 0.392 e. The number of aliphatic hydroxyl groups is 1. The number of sulfonamides is 1. The van der Waals surface area contributed by atoms with E-state index in [4.69, 9.17) is 0 Å². The van der Waals surface area contributed by atoms with Gasteiger partial charge in [0.05, 0.1) is 11.5 Å². The Morgan fingerprint density at radius 3 is 2.60 bits per heavy atom. The Morgan fingerprint density at radius 1 is 1.15 bits per heavy atom. The highest BCUT2D eigenvalue weighted by atomic mass is 32.2. The second kappa shape index (κ2) is 6.30. The van der Waals surface area contributed by atoms with Crippen molar-refractivity contribution in [1.82, 2.24) is 0 Å². The summed E-state index contributed by atoms with van der Waals surface area (Å²) < 4.78 is 27.2. The summed E-state index contributed by atoms with van der Waals surface area (Å²) >= 11 is 1.54. The lowest BCUT2D eigenvalue weighted by Crippen LogP contribution is -2.15. The Bertz CT molecular complexity index is 699. The fourth-order valence-electron chi connectivity index (χ4n) is 1.79. The first kappa shape index (κ1) is 14.9. The van der Waals surface area contributed by atoms with Gasteiger partial charge in [-0.1, -0.05) is 24.3 Å². The second-order valence-electron chi connectivity index (χ2n) is 4.10. The van der Waals surface area contributed by atoms with E-state index < -0.39 is 10.0 Å². The normalized spacial score (nSPS) is 11.3. The zero-order chi connectivity index (χ0) is 14.6. The summed E-state index contributed by atoms with van der Waals surface area (Å²) in [6.45, 7) is -0.318. The Balaban J connectivity index is 2.35. The van der Waals surface area contributed by atoms with Gasteiger partial charge in [-0.05, 0) is 36.1 Å². The number of hydrogen-bond donors (Lipinski definition) is 2. The first-order valence-corrected chi connectivity index (χ1v) is 8.63. The molecule has 0 unspecified atom stereocenters. The van der Waals surface area contributed by atoms with E-state index in [9.17, 15) is 13.5 Å². The van der Waals surface area contributed by atoms with Gasteiger partial charge >= 0.3 is 0 Å². The minimum Gasteiger partial charge on any atom is -0.392 e. The van der Waals surface area contributed by atoms with Crippen LogP contribution in [0.1, 0.15) is 5.56 Å². The molecule has 0 atom stereocenters. The fraction of sp³-hybridized carbons (Fsp3) is 0.143. The third kappa shape index (κ3) is 3.33. The van der Waals surface area contributed by atoms with E-state index in [1.807, 2.05) is 12.3 Å². The van der Waals surface area contributed by atoms with E-state index in [-0.39, 0.29) is 11.5 Å². The average molecular weight is 309 g/mol. The maximum Gasteiger partial charge on any atom is 0.262 e. The molecule has 0 heterocycles. The van der Waals surface area contributed by atoms with Crippen LogP contribution in [0.3, 0.4) is 0 Å². The van der Waals surface area contributed by atoms with Crippen molar-refractivity contribution in [3.05, 3.63) is 54.1 Å². The average Bonchev–Trinajstić information content (AvgIpc) is 2.47. The van der Waals surface area contributed by atoms with Crippen LogP contribution in [-0.2, 0) is 16.6 Å². The lowest BCUT2D eigenvalue weighted by molar-refractivity contribution is 0.278. The molecular weight excluding hydrogens is 294 g/mol. The van der Waals surface area contributed by atoms with Crippen LogP contribution >= 0.6 is 11.8 Å². The number of thioether (sulfide) groups is 1. The number of aliphatic hydroxyl groups excluding tert-OH is 1. The number of anilines is 1. The molecule has 6 heteroatoms. The first-order valence-electron chi connectivity index (χ1n) is 5.92. The quantitative estimate of drug-likeness (QED) is 0.833. The predicted molar refractivity (Wildman–Crippen MR) is 81.4 cm³/mol.